The number of hydrogen-bond donors (Lipinski definition) is 0. The van der Waals surface area contributed by atoms with Crippen molar-refractivity contribution in [3.05, 3.63) is 52.5 Å². The molecule has 1 heterocycles. The van der Waals surface area contributed by atoms with Crippen molar-refractivity contribution in [1.82, 2.24) is 0 Å². The van der Waals surface area contributed by atoms with Crippen molar-refractivity contribution in [3.8, 4) is 5.75 Å². The van der Waals surface area contributed by atoms with Crippen LogP contribution in [0.5, 0.6) is 5.75 Å². The van der Waals surface area contributed by atoms with Crippen molar-refractivity contribution >= 4 is 23.4 Å². The van der Waals surface area contributed by atoms with Gasteiger partial charge in [-0.25, -0.2) is 0 Å². The Morgan fingerprint density at radius 2 is 2.06 bits per heavy atom. The Balaban J connectivity index is 2.10. The van der Waals surface area contributed by atoms with Gasteiger partial charge in [-0.15, -0.1) is 0 Å². The van der Waals surface area contributed by atoms with Crippen LogP contribution in [0, 0.1) is 0 Å². The molecule has 0 amide bonds. The lowest BCUT2D eigenvalue weighted by Gasteiger charge is -2.20. The topological polar surface area (TPSA) is 9.23 Å². The van der Waals surface area contributed by atoms with Gasteiger partial charge in [-0.05, 0) is 41.8 Å². The molecule has 0 spiro atoms. The first kappa shape index (κ1) is 11.0. The molecule has 0 unspecified atom stereocenters. The summed E-state index contributed by atoms with van der Waals surface area (Å²) in [5, 5.41) is 0.802. The molecular weight excluding hydrogens is 252 g/mol. The van der Waals surface area contributed by atoms with Gasteiger partial charge in [0.25, 0.3) is 0 Å². The van der Waals surface area contributed by atoms with Crippen LogP contribution >= 0.6 is 23.4 Å². The second-order valence-electron chi connectivity index (χ2n) is 3.98. The Morgan fingerprint density at radius 1 is 1.18 bits per heavy atom. The molecular formula is C14H11ClOS. The zero-order valence-electron chi connectivity index (χ0n) is 9.37. The molecule has 0 aromatic heterocycles. The maximum Gasteiger partial charge on any atom is 0.133 e. The minimum Gasteiger partial charge on any atom is -0.496 e. The molecule has 2 aromatic carbocycles. The van der Waals surface area contributed by atoms with E-state index in [1.807, 2.05) is 24.3 Å². The molecule has 0 saturated heterocycles. The molecule has 2 aromatic rings. The van der Waals surface area contributed by atoms with Gasteiger partial charge >= 0.3 is 0 Å². The van der Waals surface area contributed by atoms with E-state index in [0.29, 0.717) is 0 Å². The molecule has 0 saturated carbocycles. The van der Waals surface area contributed by atoms with E-state index in [2.05, 4.69) is 12.1 Å². The average Bonchev–Trinajstić information content (AvgIpc) is 2.35. The maximum absolute atomic E-state index is 6.03. The van der Waals surface area contributed by atoms with Crippen molar-refractivity contribution < 1.29 is 4.74 Å². The van der Waals surface area contributed by atoms with Gasteiger partial charge in [-0.2, -0.15) is 0 Å². The summed E-state index contributed by atoms with van der Waals surface area (Å²) in [4.78, 5) is 2.50. The Kier molecular flexibility index (Phi) is 2.77. The number of rotatable bonds is 1. The highest BCUT2D eigenvalue weighted by Gasteiger charge is 2.19. The van der Waals surface area contributed by atoms with Crippen LogP contribution in [-0.4, -0.2) is 7.11 Å². The van der Waals surface area contributed by atoms with E-state index in [-0.39, 0.29) is 0 Å². The van der Waals surface area contributed by atoms with E-state index < -0.39 is 0 Å². The van der Waals surface area contributed by atoms with Gasteiger partial charge in [0.1, 0.15) is 5.75 Å². The summed E-state index contributed by atoms with van der Waals surface area (Å²) in [6, 6.07) is 12.3. The third-order valence-electron chi connectivity index (χ3n) is 2.90. The quantitative estimate of drug-likeness (QED) is 0.643. The molecule has 0 aliphatic carbocycles. The fourth-order valence-electron chi connectivity index (χ4n) is 2.08. The summed E-state index contributed by atoms with van der Waals surface area (Å²) in [5.74, 6) is 0.952. The Bertz CT molecular complexity index is 580. The molecule has 17 heavy (non-hydrogen) atoms. The van der Waals surface area contributed by atoms with Gasteiger partial charge in [0.15, 0.2) is 0 Å². The number of hydrogen-bond acceptors (Lipinski definition) is 2. The molecule has 3 rings (SSSR count). The van der Waals surface area contributed by atoms with Crippen LogP contribution in [0.3, 0.4) is 0 Å². The normalized spacial score (nSPS) is 12.8. The van der Waals surface area contributed by atoms with Gasteiger partial charge in [0.05, 0.1) is 12.0 Å². The fourth-order valence-corrected chi connectivity index (χ4v) is 3.41. The van der Waals surface area contributed by atoms with E-state index >= 15 is 0 Å². The van der Waals surface area contributed by atoms with Crippen molar-refractivity contribution in [2.75, 3.05) is 7.11 Å². The number of ether oxygens (including phenoxy) is 1. The highest BCUT2D eigenvalue weighted by atomic mass is 35.5. The number of halogens is 1. The molecule has 1 nitrogen and oxygen atoms in total. The van der Waals surface area contributed by atoms with Gasteiger partial charge in [0.2, 0.25) is 0 Å². The largest absolute Gasteiger partial charge is 0.496 e. The number of fused-ring (bicyclic) bond motifs is 2. The Morgan fingerprint density at radius 3 is 2.88 bits per heavy atom. The van der Waals surface area contributed by atoms with Crippen LogP contribution in [0.25, 0.3) is 0 Å². The third kappa shape index (κ3) is 1.92. The average molecular weight is 263 g/mol. The predicted molar refractivity (Wildman–Crippen MR) is 71.4 cm³/mol. The van der Waals surface area contributed by atoms with E-state index in [1.54, 1.807) is 18.9 Å². The van der Waals surface area contributed by atoms with Crippen molar-refractivity contribution in [2.45, 2.75) is 16.2 Å². The summed E-state index contributed by atoms with van der Waals surface area (Å²) >= 11 is 7.79. The van der Waals surface area contributed by atoms with E-state index in [4.69, 9.17) is 16.3 Å². The van der Waals surface area contributed by atoms with E-state index in [9.17, 15) is 0 Å². The zero-order valence-corrected chi connectivity index (χ0v) is 10.9. The lowest BCUT2D eigenvalue weighted by molar-refractivity contribution is 0.403. The summed E-state index contributed by atoms with van der Waals surface area (Å²) < 4.78 is 5.40. The Labute approximate surface area is 110 Å². The second-order valence-corrected chi connectivity index (χ2v) is 5.47. The molecule has 1 aliphatic rings. The molecule has 0 radical (unpaired) electrons. The molecule has 3 heteroatoms. The van der Waals surface area contributed by atoms with E-state index in [0.717, 1.165) is 17.2 Å². The number of methoxy groups -OCH3 is 1. The molecule has 1 aliphatic heterocycles. The van der Waals surface area contributed by atoms with Crippen molar-refractivity contribution in [3.63, 3.8) is 0 Å². The first-order valence-corrected chi connectivity index (χ1v) is 6.59. The first-order chi connectivity index (χ1) is 8.28. The van der Waals surface area contributed by atoms with Crippen LogP contribution in [0.2, 0.25) is 5.02 Å². The summed E-state index contributed by atoms with van der Waals surface area (Å²) in [6.07, 6.45) is 0.926. The fraction of sp³-hybridized carbons (Fsp3) is 0.143. The second kappa shape index (κ2) is 4.28. The molecule has 0 N–H and O–H groups in total. The van der Waals surface area contributed by atoms with Crippen LogP contribution in [-0.2, 0) is 6.42 Å². The lowest BCUT2D eigenvalue weighted by atomic mass is 10.0. The van der Waals surface area contributed by atoms with Gasteiger partial charge in [-0.3, -0.25) is 0 Å². The minimum atomic E-state index is 0.802. The molecule has 0 fully saturated rings. The standard InChI is InChI=1S/C14H11ClOS/c1-16-12-4-2-3-9-7-10-8-11(15)5-6-13(10)17-14(9)12/h2-6,8H,7H2,1H3. The maximum atomic E-state index is 6.03. The highest BCUT2D eigenvalue weighted by Crippen LogP contribution is 2.44. The Hall–Kier alpha value is -1.12. The molecule has 0 bridgehead atoms. The zero-order chi connectivity index (χ0) is 11.8. The number of benzene rings is 2. The smallest absolute Gasteiger partial charge is 0.133 e. The van der Waals surface area contributed by atoms with Crippen LogP contribution in [0.4, 0.5) is 0 Å². The highest BCUT2D eigenvalue weighted by molar-refractivity contribution is 7.99. The van der Waals surface area contributed by atoms with Crippen LogP contribution in [0.1, 0.15) is 11.1 Å². The van der Waals surface area contributed by atoms with Crippen LogP contribution in [0.15, 0.2) is 46.2 Å². The monoisotopic (exact) mass is 262 g/mol. The minimum absolute atomic E-state index is 0.802. The SMILES string of the molecule is COc1cccc2c1Sc1ccc(Cl)cc1C2. The summed E-state index contributed by atoms with van der Waals surface area (Å²) in [6.45, 7) is 0. The van der Waals surface area contributed by atoms with Crippen molar-refractivity contribution in [2.24, 2.45) is 0 Å². The summed E-state index contributed by atoms with van der Waals surface area (Å²) in [5.41, 5.74) is 2.60. The van der Waals surface area contributed by atoms with Gasteiger partial charge in [0, 0.05) is 9.92 Å². The molecule has 86 valence electrons. The van der Waals surface area contributed by atoms with Gasteiger partial charge in [-0.1, -0.05) is 35.5 Å². The predicted octanol–water partition coefficient (Wildman–Crippen LogP) is 4.40. The summed E-state index contributed by atoms with van der Waals surface area (Å²) in [7, 11) is 1.72. The van der Waals surface area contributed by atoms with Crippen LogP contribution < -0.4 is 4.74 Å². The first-order valence-electron chi connectivity index (χ1n) is 5.40. The van der Waals surface area contributed by atoms with Gasteiger partial charge < -0.3 is 4.74 Å². The third-order valence-corrected chi connectivity index (χ3v) is 4.42. The lowest BCUT2D eigenvalue weighted by Crippen LogP contribution is -2.01. The van der Waals surface area contributed by atoms with Crippen molar-refractivity contribution in [1.29, 1.82) is 0 Å². The molecule has 0 atom stereocenters. The van der Waals surface area contributed by atoms with E-state index in [1.165, 1.54) is 20.9 Å².